The van der Waals surface area contributed by atoms with Crippen LogP contribution in [0.3, 0.4) is 0 Å². The summed E-state index contributed by atoms with van der Waals surface area (Å²) in [5.41, 5.74) is 0.463. The van der Waals surface area contributed by atoms with E-state index in [1.807, 2.05) is 0 Å². The highest BCUT2D eigenvalue weighted by Gasteiger charge is 2.50. The minimum absolute atomic E-state index is 0.0991. The van der Waals surface area contributed by atoms with Crippen LogP contribution in [0.2, 0.25) is 0 Å². The lowest BCUT2D eigenvalue weighted by molar-refractivity contribution is -0.119. The number of nitrogens with zero attached hydrogens (tertiary/aromatic N) is 2. The minimum atomic E-state index is -2.75. The van der Waals surface area contributed by atoms with Crippen molar-refractivity contribution in [2.24, 2.45) is 0 Å². The average Bonchev–Trinajstić information content (AvgIpc) is 3.02. The van der Waals surface area contributed by atoms with Gasteiger partial charge in [0.25, 0.3) is 11.8 Å². The molecule has 0 spiro atoms. The third kappa shape index (κ3) is 3.36. The summed E-state index contributed by atoms with van der Waals surface area (Å²) in [7, 11) is 0. The molecule has 8 heteroatoms. The van der Waals surface area contributed by atoms with Gasteiger partial charge in [0.05, 0.1) is 18.4 Å². The van der Waals surface area contributed by atoms with Gasteiger partial charge in [0.2, 0.25) is 5.91 Å². The Morgan fingerprint density at radius 3 is 2.78 bits per heavy atom. The van der Waals surface area contributed by atoms with Gasteiger partial charge in [0.1, 0.15) is 6.26 Å². The summed E-state index contributed by atoms with van der Waals surface area (Å²) in [6, 6.07) is 1.09. The van der Waals surface area contributed by atoms with Crippen molar-refractivity contribution < 1.29 is 22.8 Å². The van der Waals surface area contributed by atoms with E-state index in [1.54, 1.807) is 15.9 Å². The van der Waals surface area contributed by atoms with E-state index < -0.39 is 12.0 Å². The topological polar surface area (TPSA) is 65.8 Å². The molecule has 0 saturated carbocycles. The van der Waals surface area contributed by atoms with Crippen molar-refractivity contribution in [3.05, 3.63) is 24.2 Å². The predicted molar refractivity (Wildman–Crippen MR) is 77.1 cm³/mol. The molecule has 0 aliphatic carbocycles. The Hall–Kier alpha value is -1.96. The van der Waals surface area contributed by atoms with Crippen molar-refractivity contribution >= 4 is 11.8 Å². The first-order chi connectivity index (χ1) is 10.9. The van der Waals surface area contributed by atoms with E-state index >= 15 is 0 Å². The van der Waals surface area contributed by atoms with Gasteiger partial charge < -0.3 is 14.6 Å². The summed E-state index contributed by atoms with van der Waals surface area (Å²) in [6.45, 7) is 2.08. The molecule has 0 unspecified atom stereocenters. The highest BCUT2D eigenvalue weighted by molar-refractivity contribution is 5.94. The maximum Gasteiger partial charge on any atom is 0.262 e. The lowest BCUT2D eigenvalue weighted by Crippen LogP contribution is -2.63. The summed E-state index contributed by atoms with van der Waals surface area (Å²) >= 11 is 0. The van der Waals surface area contributed by atoms with Crippen molar-refractivity contribution in [3.63, 3.8) is 0 Å². The van der Waals surface area contributed by atoms with Gasteiger partial charge in [-0.15, -0.1) is 0 Å². The number of furan rings is 1. The first-order valence-corrected chi connectivity index (χ1v) is 7.55. The van der Waals surface area contributed by atoms with Crippen molar-refractivity contribution in [2.45, 2.75) is 31.4 Å². The zero-order chi connectivity index (χ0) is 16.6. The Morgan fingerprint density at radius 1 is 1.43 bits per heavy atom. The molecule has 2 aliphatic heterocycles. The second-order valence-electron chi connectivity index (χ2n) is 6.20. The summed E-state index contributed by atoms with van der Waals surface area (Å²) in [5.74, 6) is -3.14. The summed E-state index contributed by atoms with van der Waals surface area (Å²) < 4.78 is 32.3. The highest BCUT2D eigenvalue weighted by atomic mass is 19.3. The Balaban J connectivity index is 1.58. The summed E-state index contributed by atoms with van der Waals surface area (Å²) in [5, 5.41) is 2.61. The Morgan fingerprint density at radius 2 is 2.17 bits per heavy atom. The molecule has 1 atom stereocenters. The van der Waals surface area contributed by atoms with Crippen LogP contribution in [0, 0.1) is 0 Å². The average molecular weight is 327 g/mol. The first kappa shape index (κ1) is 15.9. The molecule has 0 aromatic carbocycles. The van der Waals surface area contributed by atoms with Crippen LogP contribution in [0.25, 0.3) is 0 Å². The largest absolute Gasteiger partial charge is 0.472 e. The zero-order valence-corrected chi connectivity index (χ0v) is 12.8. The lowest BCUT2D eigenvalue weighted by atomic mass is 10.0. The molecular weight excluding hydrogens is 308 g/mol. The smallest absolute Gasteiger partial charge is 0.262 e. The molecule has 23 heavy (non-hydrogen) atoms. The molecule has 126 valence electrons. The quantitative estimate of drug-likeness (QED) is 0.894. The van der Waals surface area contributed by atoms with Crippen LogP contribution >= 0.6 is 0 Å². The van der Waals surface area contributed by atoms with Crippen LogP contribution in [0.5, 0.6) is 0 Å². The number of carbonyl (C=O) groups excluding carboxylic acids is 2. The molecule has 1 N–H and O–H groups in total. The van der Waals surface area contributed by atoms with Gasteiger partial charge in [0.15, 0.2) is 0 Å². The summed E-state index contributed by atoms with van der Waals surface area (Å²) in [6.07, 6.45) is 2.54. The zero-order valence-electron chi connectivity index (χ0n) is 12.8. The first-order valence-electron chi connectivity index (χ1n) is 7.55. The van der Waals surface area contributed by atoms with E-state index in [-0.39, 0.29) is 37.4 Å². The predicted octanol–water partition coefficient (Wildman–Crippen LogP) is 0.950. The van der Waals surface area contributed by atoms with Crippen molar-refractivity contribution in [3.8, 4) is 0 Å². The highest BCUT2D eigenvalue weighted by Crippen LogP contribution is 2.35. The van der Waals surface area contributed by atoms with E-state index in [9.17, 15) is 18.4 Å². The van der Waals surface area contributed by atoms with E-state index in [4.69, 9.17) is 4.42 Å². The Bertz CT molecular complexity index is 585. The van der Waals surface area contributed by atoms with Gasteiger partial charge in [-0.05, 0) is 6.07 Å². The molecule has 2 saturated heterocycles. The van der Waals surface area contributed by atoms with Gasteiger partial charge in [0, 0.05) is 45.1 Å². The van der Waals surface area contributed by atoms with Crippen LogP contribution in [-0.4, -0.2) is 65.8 Å². The molecule has 3 heterocycles. The SMILES string of the molecule is CC(=O)NC[C@@H]1CC(F)(F)CN1C1CN(C(=O)c2ccoc2)C1. The van der Waals surface area contributed by atoms with Gasteiger partial charge in [-0.2, -0.15) is 0 Å². The summed E-state index contributed by atoms with van der Waals surface area (Å²) in [4.78, 5) is 26.5. The molecule has 0 radical (unpaired) electrons. The third-order valence-electron chi connectivity index (χ3n) is 4.39. The molecular formula is C15H19F2N3O3. The van der Waals surface area contributed by atoms with Crippen LogP contribution in [-0.2, 0) is 4.79 Å². The minimum Gasteiger partial charge on any atom is -0.472 e. The number of amides is 2. The normalized spacial score (nSPS) is 24.5. The van der Waals surface area contributed by atoms with Crippen molar-refractivity contribution in [1.82, 2.24) is 15.1 Å². The fraction of sp³-hybridized carbons (Fsp3) is 0.600. The molecule has 1 aromatic heterocycles. The van der Waals surface area contributed by atoms with Gasteiger partial charge in [-0.3, -0.25) is 14.5 Å². The fourth-order valence-electron chi connectivity index (χ4n) is 3.20. The molecule has 2 aliphatic rings. The van der Waals surface area contributed by atoms with Crippen LogP contribution in [0.4, 0.5) is 8.78 Å². The number of rotatable bonds is 4. The number of hydrogen-bond acceptors (Lipinski definition) is 4. The van der Waals surface area contributed by atoms with Crippen LogP contribution in [0.1, 0.15) is 23.7 Å². The van der Waals surface area contributed by atoms with Crippen molar-refractivity contribution in [1.29, 1.82) is 0 Å². The number of likely N-dealkylation sites (tertiary alicyclic amines) is 2. The molecule has 3 rings (SSSR count). The number of carbonyl (C=O) groups is 2. The maximum absolute atomic E-state index is 13.7. The number of hydrogen-bond donors (Lipinski definition) is 1. The Kier molecular flexibility index (Phi) is 4.09. The second-order valence-corrected chi connectivity index (χ2v) is 6.20. The number of nitrogens with one attached hydrogen (secondary N) is 1. The third-order valence-corrected chi connectivity index (χ3v) is 4.39. The number of alkyl halides is 2. The van der Waals surface area contributed by atoms with Crippen LogP contribution in [0.15, 0.2) is 23.0 Å². The van der Waals surface area contributed by atoms with E-state index in [2.05, 4.69) is 5.32 Å². The van der Waals surface area contributed by atoms with Gasteiger partial charge in [-0.25, -0.2) is 8.78 Å². The number of halogens is 2. The van der Waals surface area contributed by atoms with Gasteiger partial charge >= 0.3 is 0 Å². The van der Waals surface area contributed by atoms with Crippen LogP contribution < -0.4 is 5.32 Å². The van der Waals surface area contributed by atoms with E-state index in [0.29, 0.717) is 18.7 Å². The Labute approximate surface area is 132 Å². The van der Waals surface area contributed by atoms with E-state index in [0.717, 1.165) is 0 Å². The molecule has 6 nitrogen and oxygen atoms in total. The lowest BCUT2D eigenvalue weighted by Gasteiger charge is -2.45. The molecule has 1 aromatic rings. The molecule has 0 bridgehead atoms. The maximum atomic E-state index is 13.7. The fourth-order valence-corrected chi connectivity index (χ4v) is 3.20. The van der Waals surface area contributed by atoms with Crippen molar-refractivity contribution in [2.75, 3.05) is 26.2 Å². The molecule has 2 fully saturated rings. The molecule has 2 amide bonds. The van der Waals surface area contributed by atoms with Gasteiger partial charge in [-0.1, -0.05) is 0 Å². The van der Waals surface area contributed by atoms with E-state index in [1.165, 1.54) is 19.5 Å². The second kappa shape index (κ2) is 5.92. The standard InChI is InChI=1S/C15H19F2N3O3/c1-10(21)18-5-12-4-15(16,17)9-20(12)13-6-19(7-13)14(22)11-2-3-23-8-11/h2-3,8,12-13H,4-7,9H2,1H3,(H,18,21)/t12-/m0/s1. The monoisotopic (exact) mass is 327 g/mol.